The first-order valence-electron chi connectivity index (χ1n) is 7.43. The highest BCUT2D eigenvalue weighted by atomic mass is 16.4. The van der Waals surface area contributed by atoms with Crippen molar-refractivity contribution >= 4 is 5.84 Å². The van der Waals surface area contributed by atoms with Crippen molar-refractivity contribution < 1.29 is 5.21 Å². The van der Waals surface area contributed by atoms with Gasteiger partial charge in [0.05, 0.1) is 0 Å². The van der Waals surface area contributed by atoms with Gasteiger partial charge in [-0.15, -0.1) is 0 Å². The molecule has 0 atom stereocenters. The Morgan fingerprint density at radius 2 is 1.61 bits per heavy atom. The third kappa shape index (κ3) is 10.4. The Balaban J connectivity index is 3.44. The van der Waals surface area contributed by atoms with E-state index < -0.39 is 0 Å². The molecule has 0 spiro atoms. The molecule has 0 aromatic carbocycles. The first kappa shape index (κ1) is 17.2. The van der Waals surface area contributed by atoms with E-state index in [4.69, 9.17) is 10.9 Å². The van der Waals surface area contributed by atoms with Crippen molar-refractivity contribution in [2.75, 3.05) is 19.6 Å². The van der Waals surface area contributed by atoms with E-state index in [-0.39, 0.29) is 0 Å². The molecule has 0 aliphatic heterocycles. The Morgan fingerprint density at radius 1 is 1.00 bits per heavy atom. The number of hydrogen-bond donors (Lipinski definition) is 2. The van der Waals surface area contributed by atoms with Gasteiger partial charge in [-0.05, 0) is 19.5 Å². The van der Waals surface area contributed by atoms with Gasteiger partial charge in [0.25, 0.3) is 0 Å². The second-order valence-electron chi connectivity index (χ2n) is 4.90. The van der Waals surface area contributed by atoms with Gasteiger partial charge in [-0.2, -0.15) is 0 Å². The second kappa shape index (κ2) is 12.7. The average Bonchev–Trinajstić information content (AvgIpc) is 2.40. The molecule has 0 amide bonds. The van der Waals surface area contributed by atoms with Crippen LogP contribution in [0, 0.1) is 0 Å². The smallest absolute Gasteiger partial charge is 0.140 e. The van der Waals surface area contributed by atoms with Crippen LogP contribution in [0.15, 0.2) is 5.16 Å². The van der Waals surface area contributed by atoms with Crippen LogP contribution >= 0.6 is 0 Å². The number of nitrogens with zero attached hydrogens (tertiary/aromatic N) is 2. The molecule has 4 nitrogen and oxygen atoms in total. The summed E-state index contributed by atoms with van der Waals surface area (Å²) in [5.74, 6) is 0.327. The lowest BCUT2D eigenvalue weighted by Crippen LogP contribution is -2.29. The Bertz CT molecular complexity index is 207. The van der Waals surface area contributed by atoms with Gasteiger partial charge in [-0.1, -0.05) is 57.5 Å². The van der Waals surface area contributed by atoms with Crippen molar-refractivity contribution in [1.29, 1.82) is 0 Å². The van der Waals surface area contributed by atoms with E-state index >= 15 is 0 Å². The van der Waals surface area contributed by atoms with E-state index in [9.17, 15) is 0 Å². The Kier molecular flexibility index (Phi) is 12.1. The van der Waals surface area contributed by atoms with Crippen molar-refractivity contribution in [3.63, 3.8) is 0 Å². The van der Waals surface area contributed by atoms with Gasteiger partial charge in [0.1, 0.15) is 5.84 Å². The van der Waals surface area contributed by atoms with Crippen LogP contribution in [0.3, 0.4) is 0 Å². The van der Waals surface area contributed by atoms with Gasteiger partial charge in [-0.25, -0.2) is 0 Å². The number of oxime groups is 1. The van der Waals surface area contributed by atoms with Gasteiger partial charge in [0.2, 0.25) is 0 Å². The van der Waals surface area contributed by atoms with Crippen LogP contribution in [0.2, 0.25) is 0 Å². The summed E-state index contributed by atoms with van der Waals surface area (Å²) in [6.45, 7) is 7.47. The minimum Gasteiger partial charge on any atom is -0.409 e. The predicted molar refractivity (Wildman–Crippen MR) is 78.1 cm³/mol. The molecule has 0 aliphatic rings. The van der Waals surface area contributed by atoms with E-state index in [1.165, 1.54) is 44.9 Å². The molecule has 0 rings (SSSR count). The van der Waals surface area contributed by atoms with Gasteiger partial charge < -0.3 is 15.8 Å². The van der Waals surface area contributed by atoms with Crippen molar-refractivity contribution in [3.05, 3.63) is 0 Å². The summed E-state index contributed by atoms with van der Waals surface area (Å²) in [6.07, 6.45) is 10.1. The Hall–Kier alpha value is -0.770. The molecule has 0 saturated heterocycles. The van der Waals surface area contributed by atoms with Crippen molar-refractivity contribution in [2.45, 2.75) is 65.2 Å². The fourth-order valence-corrected chi connectivity index (χ4v) is 2.04. The normalized spacial score (nSPS) is 12.3. The number of rotatable bonds is 12. The van der Waals surface area contributed by atoms with E-state index in [0.717, 1.165) is 19.6 Å². The Labute approximate surface area is 112 Å². The summed E-state index contributed by atoms with van der Waals surface area (Å²) in [5.41, 5.74) is 5.47. The third-order valence-corrected chi connectivity index (χ3v) is 3.34. The van der Waals surface area contributed by atoms with E-state index in [2.05, 4.69) is 23.9 Å². The lowest BCUT2D eigenvalue weighted by molar-refractivity contribution is 0.283. The van der Waals surface area contributed by atoms with Crippen LogP contribution in [0.1, 0.15) is 65.2 Å². The van der Waals surface area contributed by atoms with E-state index in [1.54, 1.807) is 0 Å². The highest BCUT2D eigenvalue weighted by Gasteiger charge is 2.03. The standard InChI is InChI=1S/C14H31N3O/c1-3-5-6-7-8-9-10-12-17(4-2)13-11-14(15)16-18/h18H,3-13H2,1-2H3,(H2,15,16). The highest BCUT2D eigenvalue weighted by molar-refractivity contribution is 5.79. The summed E-state index contributed by atoms with van der Waals surface area (Å²) in [5, 5.41) is 11.5. The third-order valence-electron chi connectivity index (χ3n) is 3.34. The maximum absolute atomic E-state index is 8.48. The monoisotopic (exact) mass is 257 g/mol. The predicted octanol–water partition coefficient (Wildman–Crippen LogP) is 3.20. The summed E-state index contributed by atoms with van der Waals surface area (Å²) < 4.78 is 0. The zero-order chi connectivity index (χ0) is 13.6. The van der Waals surface area contributed by atoms with Crippen LogP contribution in [0.25, 0.3) is 0 Å². The van der Waals surface area contributed by atoms with Crippen LogP contribution in [0.5, 0.6) is 0 Å². The van der Waals surface area contributed by atoms with Crippen molar-refractivity contribution in [1.82, 2.24) is 4.90 Å². The van der Waals surface area contributed by atoms with E-state index in [1.807, 2.05) is 0 Å². The molecule has 0 saturated carbocycles. The molecule has 18 heavy (non-hydrogen) atoms. The molecule has 0 fully saturated rings. The lowest BCUT2D eigenvalue weighted by Gasteiger charge is -2.19. The SMILES string of the molecule is CCCCCCCCCN(CC)CCC(N)=NO. The molecule has 0 aromatic heterocycles. The minimum atomic E-state index is 0.327. The first-order chi connectivity index (χ1) is 8.74. The molecule has 0 bridgehead atoms. The number of hydrogen-bond acceptors (Lipinski definition) is 3. The maximum atomic E-state index is 8.48. The van der Waals surface area contributed by atoms with Gasteiger partial charge in [0.15, 0.2) is 0 Å². The Morgan fingerprint density at radius 3 is 2.17 bits per heavy atom. The molecule has 0 aliphatic carbocycles. The molecule has 0 unspecified atom stereocenters. The molecular weight excluding hydrogens is 226 g/mol. The van der Waals surface area contributed by atoms with Crippen LogP contribution in [0.4, 0.5) is 0 Å². The fraction of sp³-hybridized carbons (Fsp3) is 0.929. The average molecular weight is 257 g/mol. The van der Waals surface area contributed by atoms with Crippen LogP contribution < -0.4 is 5.73 Å². The highest BCUT2D eigenvalue weighted by Crippen LogP contribution is 2.07. The van der Waals surface area contributed by atoms with Crippen LogP contribution in [-0.4, -0.2) is 35.6 Å². The minimum absolute atomic E-state index is 0.327. The largest absolute Gasteiger partial charge is 0.409 e. The maximum Gasteiger partial charge on any atom is 0.140 e. The van der Waals surface area contributed by atoms with Gasteiger partial charge in [0, 0.05) is 13.0 Å². The number of nitrogens with two attached hydrogens (primary N) is 1. The van der Waals surface area contributed by atoms with Gasteiger partial charge >= 0.3 is 0 Å². The molecular formula is C14H31N3O. The zero-order valence-corrected chi connectivity index (χ0v) is 12.2. The quantitative estimate of drug-likeness (QED) is 0.185. The number of amidine groups is 1. The molecule has 0 radical (unpaired) electrons. The number of unbranched alkanes of at least 4 members (excludes halogenated alkanes) is 6. The first-order valence-corrected chi connectivity index (χ1v) is 7.43. The van der Waals surface area contributed by atoms with Crippen molar-refractivity contribution in [2.24, 2.45) is 10.9 Å². The van der Waals surface area contributed by atoms with E-state index in [0.29, 0.717) is 12.3 Å². The topological polar surface area (TPSA) is 61.8 Å². The molecule has 3 N–H and O–H groups in total. The summed E-state index contributed by atoms with van der Waals surface area (Å²) in [7, 11) is 0. The molecule has 108 valence electrons. The van der Waals surface area contributed by atoms with Gasteiger partial charge in [-0.3, -0.25) is 0 Å². The summed E-state index contributed by atoms with van der Waals surface area (Å²) in [4.78, 5) is 2.37. The molecule has 0 heterocycles. The van der Waals surface area contributed by atoms with Crippen LogP contribution in [-0.2, 0) is 0 Å². The second-order valence-corrected chi connectivity index (χ2v) is 4.90. The summed E-state index contributed by atoms with van der Waals surface area (Å²) >= 11 is 0. The molecule has 0 aromatic rings. The summed E-state index contributed by atoms with van der Waals surface area (Å²) in [6, 6.07) is 0. The lowest BCUT2D eigenvalue weighted by atomic mass is 10.1. The van der Waals surface area contributed by atoms with Crippen molar-refractivity contribution in [3.8, 4) is 0 Å². The fourth-order valence-electron chi connectivity index (χ4n) is 2.04. The zero-order valence-electron chi connectivity index (χ0n) is 12.2. The molecule has 4 heteroatoms.